The fraction of sp³-hybridized carbons (Fsp3) is 0.0909. The summed E-state index contributed by atoms with van der Waals surface area (Å²) >= 11 is 19.7. The van der Waals surface area contributed by atoms with Crippen molar-refractivity contribution in [3.05, 3.63) is 41.4 Å². The van der Waals surface area contributed by atoms with E-state index < -0.39 is 10.0 Å². The zero-order valence-corrected chi connectivity index (χ0v) is 16.5. The Hall–Kier alpha value is 0.170. The number of thiophene rings is 1. The molecule has 1 heterocycles. The van der Waals surface area contributed by atoms with Crippen molar-refractivity contribution in [3.8, 4) is 0 Å². The molecule has 4 nitrogen and oxygen atoms in total. The summed E-state index contributed by atoms with van der Waals surface area (Å²) in [5, 5.41) is 0.365. The van der Waals surface area contributed by atoms with Crippen molar-refractivity contribution >= 4 is 82.1 Å². The van der Waals surface area contributed by atoms with E-state index >= 15 is 0 Å². The molecule has 0 unspecified atom stereocenters. The summed E-state index contributed by atoms with van der Waals surface area (Å²) in [6, 6.07) is 4.66. The van der Waals surface area contributed by atoms with E-state index in [0.717, 1.165) is 4.88 Å². The van der Waals surface area contributed by atoms with Crippen molar-refractivity contribution in [1.82, 2.24) is 0 Å². The van der Waals surface area contributed by atoms with E-state index in [0.29, 0.717) is 8.26 Å². The molecule has 21 heavy (non-hydrogen) atoms. The summed E-state index contributed by atoms with van der Waals surface area (Å²) in [5.74, 6) is 0. The predicted molar refractivity (Wildman–Crippen MR) is 94.9 cm³/mol. The van der Waals surface area contributed by atoms with Gasteiger partial charge in [0.15, 0.2) is 0 Å². The van der Waals surface area contributed by atoms with Crippen LogP contribution in [-0.2, 0) is 16.6 Å². The van der Waals surface area contributed by atoms with E-state index in [1.165, 1.54) is 23.5 Å². The molecule has 3 N–H and O–H groups in total. The van der Waals surface area contributed by atoms with Gasteiger partial charge in [0.2, 0.25) is 0 Å². The van der Waals surface area contributed by atoms with E-state index in [4.69, 9.17) is 28.9 Å². The summed E-state index contributed by atoms with van der Waals surface area (Å²) in [4.78, 5) is 0.866. The van der Waals surface area contributed by atoms with Crippen LogP contribution in [0.3, 0.4) is 0 Å². The normalized spacial score (nSPS) is 11.7. The van der Waals surface area contributed by atoms with Gasteiger partial charge in [0.25, 0.3) is 10.0 Å². The molecule has 0 atom stereocenters. The van der Waals surface area contributed by atoms with Crippen molar-refractivity contribution < 1.29 is 8.42 Å². The number of nitrogens with two attached hydrogens (primary N) is 1. The van der Waals surface area contributed by atoms with E-state index in [2.05, 4.69) is 36.6 Å². The third-order valence-corrected chi connectivity index (χ3v) is 7.89. The van der Waals surface area contributed by atoms with E-state index in [-0.39, 0.29) is 27.2 Å². The van der Waals surface area contributed by atoms with Crippen LogP contribution in [0, 0.1) is 0 Å². The smallest absolute Gasteiger partial charge is 0.263 e. The minimum Gasteiger partial charge on any atom is -0.326 e. The number of sulfonamides is 1. The van der Waals surface area contributed by atoms with Crippen LogP contribution in [0.4, 0.5) is 5.69 Å². The highest BCUT2D eigenvalue weighted by Crippen LogP contribution is 2.38. The van der Waals surface area contributed by atoms with Gasteiger partial charge < -0.3 is 5.73 Å². The average molecular weight is 495 g/mol. The molecule has 0 aliphatic heterocycles. The molecule has 0 saturated heterocycles. The van der Waals surface area contributed by atoms with Crippen molar-refractivity contribution in [3.63, 3.8) is 0 Å². The molecule has 0 spiro atoms. The van der Waals surface area contributed by atoms with Crippen LogP contribution in [0.25, 0.3) is 0 Å². The second kappa shape index (κ2) is 6.74. The molecule has 114 valence electrons. The Kier molecular flexibility index (Phi) is 5.62. The fourth-order valence-electron chi connectivity index (χ4n) is 1.49. The minimum atomic E-state index is -3.79. The Morgan fingerprint density at radius 3 is 2.48 bits per heavy atom. The fourth-order valence-corrected chi connectivity index (χ4v) is 6.00. The number of halogens is 4. The first-order valence-electron chi connectivity index (χ1n) is 5.41. The maximum absolute atomic E-state index is 12.4. The number of hydrogen-bond donors (Lipinski definition) is 2. The minimum absolute atomic E-state index is 0.114. The van der Waals surface area contributed by atoms with Gasteiger partial charge in [0.05, 0.1) is 19.5 Å². The number of hydrogen-bond acceptors (Lipinski definition) is 4. The van der Waals surface area contributed by atoms with Crippen molar-refractivity contribution in [1.29, 1.82) is 0 Å². The Labute approximate surface area is 152 Å². The monoisotopic (exact) mass is 492 g/mol. The molecule has 1 aromatic heterocycles. The summed E-state index contributed by atoms with van der Waals surface area (Å²) in [6.07, 6.45) is 0. The molecule has 0 bridgehead atoms. The molecule has 1 aromatic carbocycles. The molecule has 2 rings (SSSR count). The van der Waals surface area contributed by atoms with Gasteiger partial charge in [0.1, 0.15) is 4.90 Å². The zero-order chi connectivity index (χ0) is 15.8. The number of rotatable bonds is 4. The van der Waals surface area contributed by atoms with Crippen LogP contribution in [0.1, 0.15) is 4.88 Å². The molecule has 0 fully saturated rings. The molecule has 0 amide bonds. The van der Waals surface area contributed by atoms with Crippen molar-refractivity contribution in [2.45, 2.75) is 11.4 Å². The Bertz CT molecular complexity index is 794. The van der Waals surface area contributed by atoms with Crippen molar-refractivity contribution in [2.24, 2.45) is 5.73 Å². The molecular formula is C11H8Br2Cl2N2O2S2. The number of nitrogens with one attached hydrogen (secondary N) is 1. The van der Waals surface area contributed by atoms with Gasteiger partial charge in [-0.1, -0.05) is 23.2 Å². The predicted octanol–water partition coefficient (Wildman–Crippen LogP) is 4.84. The average Bonchev–Trinajstić information content (AvgIpc) is 2.81. The lowest BCUT2D eigenvalue weighted by molar-refractivity contribution is 0.601. The lowest BCUT2D eigenvalue weighted by Gasteiger charge is -2.10. The van der Waals surface area contributed by atoms with Gasteiger partial charge in [-0.25, -0.2) is 8.42 Å². The molecular weight excluding hydrogens is 487 g/mol. The quantitative estimate of drug-likeness (QED) is 0.597. The van der Waals surface area contributed by atoms with Gasteiger partial charge in [-0.2, -0.15) is 0 Å². The number of benzene rings is 1. The van der Waals surface area contributed by atoms with Gasteiger partial charge in [-0.05, 0) is 50.1 Å². The maximum Gasteiger partial charge on any atom is 0.263 e. The summed E-state index contributed by atoms with van der Waals surface area (Å²) in [6.45, 7) is 0.268. The first-order valence-corrected chi connectivity index (χ1v) is 10.0. The highest BCUT2D eigenvalue weighted by Gasteiger charge is 2.22. The highest BCUT2D eigenvalue weighted by atomic mass is 79.9. The van der Waals surface area contributed by atoms with Gasteiger partial charge in [0, 0.05) is 15.9 Å². The van der Waals surface area contributed by atoms with Gasteiger partial charge in [-0.3, -0.25) is 4.72 Å². The summed E-state index contributed by atoms with van der Waals surface area (Å²) in [7, 11) is -3.79. The Morgan fingerprint density at radius 2 is 1.90 bits per heavy atom. The van der Waals surface area contributed by atoms with Crippen LogP contribution in [0.2, 0.25) is 10.0 Å². The first-order chi connectivity index (χ1) is 9.76. The molecule has 0 saturated carbocycles. The third-order valence-electron chi connectivity index (χ3n) is 2.48. The molecule has 2 aromatic rings. The highest BCUT2D eigenvalue weighted by molar-refractivity contribution is 9.11. The van der Waals surface area contributed by atoms with Crippen LogP contribution in [0.5, 0.6) is 0 Å². The molecule has 0 aliphatic carbocycles. The van der Waals surface area contributed by atoms with Crippen LogP contribution in [-0.4, -0.2) is 8.42 Å². The first kappa shape index (κ1) is 17.5. The second-order valence-electron chi connectivity index (χ2n) is 3.88. The SMILES string of the molecule is NCc1cc(S(=O)(=O)Nc2ccc(Br)c(Cl)c2Cl)c(Br)s1. The van der Waals surface area contributed by atoms with Gasteiger partial charge >= 0.3 is 0 Å². The van der Waals surface area contributed by atoms with Crippen molar-refractivity contribution in [2.75, 3.05) is 4.72 Å². The van der Waals surface area contributed by atoms with E-state index in [1.54, 1.807) is 6.07 Å². The summed E-state index contributed by atoms with van der Waals surface area (Å²) in [5.41, 5.74) is 5.72. The Balaban J connectivity index is 2.42. The zero-order valence-electron chi connectivity index (χ0n) is 10.2. The molecule has 0 radical (unpaired) electrons. The largest absolute Gasteiger partial charge is 0.326 e. The Morgan fingerprint density at radius 1 is 1.24 bits per heavy atom. The van der Waals surface area contributed by atoms with Gasteiger partial charge in [-0.15, -0.1) is 11.3 Å². The number of anilines is 1. The van der Waals surface area contributed by atoms with Crippen LogP contribution >= 0.6 is 66.4 Å². The lowest BCUT2D eigenvalue weighted by Crippen LogP contribution is -2.13. The summed E-state index contributed by atoms with van der Waals surface area (Å²) < 4.78 is 28.3. The molecule has 10 heteroatoms. The van der Waals surface area contributed by atoms with E-state index in [1.807, 2.05) is 0 Å². The molecule has 0 aliphatic rings. The maximum atomic E-state index is 12.4. The van der Waals surface area contributed by atoms with Crippen LogP contribution in [0.15, 0.2) is 31.4 Å². The third kappa shape index (κ3) is 3.74. The van der Waals surface area contributed by atoms with E-state index in [9.17, 15) is 8.42 Å². The topological polar surface area (TPSA) is 72.2 Å². The standard InChI is InChI=1S/C11H8Br2Cl2N2O2S2/c12-6-1-2-7(10(15)9(6)14)17-21(18,19)8-3-5(4-16)20-11(8)13/h1-3,17H,4,16H2. The second-order valence-corrected chi connectivity index (χ2v) is 9.60. The lowest BCUT2D eigenvalue weighted by atomic mass is 10.3. The van der Waals surface area contributed by atoms with Crippen LogP contribution < -0.4 is 10.5 Å².